The Hall–Kier alpha value is -1.75. The Morgan fingerprint density at radius 1 is 1.16 bits per heavy atom. The summed E-state index contributed by atoms with van der Waals surface area (Å²) in [5, 5.41) is 9.19. The van der Waals surface area contributed by atoms with Crippen molar-refractivity contribution in [3.63, 3.8) is 0 Å². The normalized spacial score (nSPS) is 25.9. The number of aliphatic carboxylic acids is 1. The van der Waals surface area contributed by atoms with Crippen LogP contribution in [-0.2, 0) is 9.53 Å². The van der Waals surface area contributed by atoms with Gasteiger partial charge in [0.25, 0.3) is 0 Å². The average Bonchev–Trinajstić information content (AvgIpc) is 2.78. The molecule has 2 heterocycles. The van der Waals surface area contributed by atoms with E-state index in [0.29, 0.717) is 37.7 Å². The van der Waals surface area contributed by atoms with Crippen molar-refractivity contribution in [1.82, 2.24) is 0 Å². The van der Waals surface area contributed by atoms with Crippen LogP contribution in [0.15, 0.2) is 18.2 Å². The molecule has 1 fully saturated rings. The predicted molar refractivity (Wildman–Crippen MR) is 66.5 cm³/mol. The Morgan fingerprint density at radius 2 is 1.95 bits per heavy atom. The highest BCUT2D eigenvalue weighted by Gasteiger charge is 2.35. The van der Waals surface area contributed by atoms with Gasteiger partial charge in [-0.3, -0.25) is 4.79 Å². The molecule has 1 saturated heterocycles. The number of ether oxygens (including phenoxy) is 3. The van der Waals surface area contributed by atoms with Gasteiger partial charge in [0.1, 0.15) is 0 Å². The van der Waals surface area contributed by atoms with Gasteiger partial charge in [0.05, 0.1) is 25.2 Å². The molecule has 0 spiro atoms. The second kappa shape index (κ2) is 5.09. The Balaban J connectivity index is 1.89. The molecule has 2 aliphatic heterocycles. The lowest BCUT2D eigenvalue weighted by molar-refractivity contribution is -0.143. The Labute approximate surface area is 111 Å². The lowest BCUT2D eigenvalue weighted by atomic mass is 9.95. The van der Waals surface area contributed by atoms with E-state index in [1.54, 1.807) is 0 Å². The molecule has 0 radical (unpaired) electrons. The highest BCUT2D eigenvalue weighted by atomic mass is 16.5. The maximum Gasteiger partial charge on any atom is 0.309 e. The van der Waals surface area contributed by atoms with Gasteiger partial charge in [-0.15, -0.1) is 0 Å². The van der Waals surface area contributed by atoms with E-state index in [1.807, 2.05) is 18.2 Å². The first-order chi connectivity index (χ1) is 9.25. The van der Waals surface area contributed by atoms with Crippen LogP contribution >= 0.6 is 0 Å². The average molecular weight is 264 g/mol. The molecule has 1 aromatic rings. The summed E-state index contributed by atoms with van der Waals surface area (Å²) in [6, 6.07) is 5.53. The zero-order valence-electron chi connectivity index (χ0n) is 10.5. The van der Waals surface area contributed by atoms with E-state index >= 15 is 0 Å². The van der Waals surface area contributed by atoms with Crippen LogP contribution in [0.2, 0.25) is 0 Å². The maximum absolute atomic E-state index is 11.2. The predicted octanol–water partition coefficient (Wildman–Crippen LogP) is 2.01. The number of hydrogen-bond acceptors (Lipinski definition) is 4. The number of carboxylic acids is 1. The van der Waals surface area contributed by atoms with Crippen molar-refractivity contribution in [3.05, 3.63) is 23.8 Å². The zero-order valence-corrected chi connectivity index (χ0v) is 10.5. The van der Waals surface area contributed by atoms with Gasteiger partial charge in [0, 0.05) is 13.0 Å². The third-order valence-electron chi connectivity index (χ3n) is 3.51. The van der Waals surface area contributed by atoms with E-state index in [1.165, 1.54) is 0 Å². The molecule has 1 N–H and O–H groups in total. The third-order valence-corrected chi connectivity index (χ3v) is 3.51. The summed E-state index contributed by atoms with van der Waals surface area (Å²) in [5.74, 6) is 0.0973. The van der Waals surface area contributed by atoms with Crippen LogP contribution in [0.3, 0.4) is 0 Å². The zero-order chi connectivity index (χ0) is 13.2. The van der Waals surface area contributed by atoms with E-state index in [2.05, 4.69) is 0 Å². The van der Waals surface area contributed by atoms with Crippen LogP contribution in [0.5, 0.6) is 11.5 Å². The molecule has 0 amide bonds. The molecule has 5 heteroatoms. The summed E-state index contributed by atoms with van der Waals surface area (Å²) >= 11 is 0. The minimum absolute atomic E-state index is 0.394. The summed E-state index contributed by atoms with van der Waals surface area (Å²) in [6.07, 6.45) is 1.01. The number of hydrogen-bond donors (Lipinski definition) is 1. The van der Waals surface area contributed by atoms with E-state index in [4.69, 9.17) is 14.2 Å². The first kappa shape index (κ1) is 12.3. The van der Waals surface area contributed by atoms with E-state index < -0.39 is 18.0 Å². The van der Waals surface area contributed by atoms with Crippen molar-refractivity contribution in [3.8, 4) is 11.5 Å². The van der Waals surface area contributed by atoms with Gasteiger partial charge in [-0.2, -0.15) is 0 Å². The molecule has 2 atom stereocenters. The third kappa shape index (κ3) is 2.38. The monoisotopic (exact) mass is 264 g/mol. The molecule has 2 aliphatic rings. The highest BCUT2D eigenvalue weighted by Crippen LogP contribution is 2.39. The summed E-state index contributed by atoms with van der Waals surface area (Å²) in [4.78, 5) is 11.2. The maximum atomic E-state index is 11.2. The molecule has 0 aliphatic carbocycles. The Bertz CT molecular complexity index is 485. The summed E-state index contributed by atoms with van der Waals surface area (Å²) in [7, 11) is 0. The Morgan fingerprint density at radius 3 is 2.74 bits per heavy atom. The van der Waals surface area contributed by atoms with Crippen LogP contribution in [0.25, 0.3) is 0 Å². The highest BCUT2D eigenvalue weighted by molar-refractivity contribution is 5.71. The summed E-state index contributed by atoms with van der Waals surface area (Å²) in [6.45, 7) is 1.74. The fourth-order valence-electron chi connectivity index (χ4n) is 2.53. The van der Waals surface area contributed by atoms with Gasteiger partial charge in [-0.1, -0.05) is 6.07 Å². The van der Waals surface area contributed by atoms with E-state index in [-0.39, 0.29) is 0 Å². The SMILES string of the molecule is O=C(O)C1CCOC1c1ccc2c(c1)OCCCO2. The molecule has 3 rings (SSSR count). The van der Waals surface area contributed by atoms with Crippen LogP contribution in [-0.4, -0.2) is 30.9 Å². The van der Waals surface area contributed by atoms with Crippen LogP contribution in [0.4, 0.5) is 0 Å². The quantitative estimate of drug-likeness (QED) is 0.885. The molecule has 19 heavy (non-hydrogen) atoms. The van der Waals surface area contributed by atoms with Gasteiger partial charge >= 0.3 is 5.97 Å². The van der Waals surface area contributed by atoms with Gasteiger partial charge in [0.15, 0.2) is 11.5 Å². The van der Waals surface area contributed by atoms with Gasteiger partial charge < -0.3 is 19.3 Å². The largest absolute Gasteiger partial charge is 0.490 e. The summed E-state index contributed by atoms with van der Waals surface area (Å²) in [5.41, 5.74) is 0.842. The van der Waals surface area contributed by atoms with E-state index in [9.17, 15) is 9.90 Å². The van der Waals surface area contributed by atoms with Crippen molar-refractivity contribution >= 4 is 5.97 Å². The molecule has 1 aromatic carbocycles. The molecule has 102 valence electrons. The van der Waals surface area contributed by atoms with Crippen LogP contribution in [0, 0.1) is 5.92 Å². The van der Waals surface area contributed by atoms with Crippen molar-refractivity contribution in [1.29, 1.82) is 0 Å². The number of fused-ring (bicyclic) bond motifs is 1. The van der Waals surface area contributed by atoms with Crippen molar-refractivity contribution in [2.75, 3.05) is 19.8 Å². The minimum atomic E-state index is -0.811. The minimum Gasteiger partial charge on any atom is -0.490 e. The topological polar surface area (TPSA) is 65.0 Å². The second-order valence-electron chi connectivity index (χ2n) is 4.78. The van der Waals surface area contributed by atoms with Gasteiger partial charge in [-0.05, 0) is 24.1 Å². The Kier molecular flexibility index (Phi) is 3.29. The van der Waals surface area contributed by atoms with E-state index in [0.717, 1.165) is 12.0 Å². The first-order valence-corrected chi connectivity index (χ1v) is 6.49. The van der Waals surface area contributed by atoms with Gasteiger partial charge in [0.2, 0.25) is 0 Å². The second-order valence-corrected chi connectivity index (χ2v) is 4.78. The van der Waals surface area contributed by atoms with Crippen molar-refractivity contribution in [2.24, 2.45) is 5.92 Å². The van der Waals surface area contributed by atoms with Crippen LogP contribution < -0.4 is 9.47 Å². The standard InChI is InChI=1S/C14H16O5/c15-14(16)10-4-7-19-13(10)9-2-3-11-12(8-9)18-6-1-5-17-11/h2-3,8,10,13H,1,4-7H2,(H,15,16). The van der Waals surface area contributed by atoms with Crippen molar-refractivity contribution < 1.29 is 24.1 Å². The number of benzene rings is 1. The molecule has 0 saturated carbocycles. The van der Waals surface area contributed by atoms with Crippen LogP contribution in [0.1, 0.15) is 24.5 Å². The first-order valence-electron chi connectivity index (χ1n) is 6.49. The fraction of sp³-hybridized carbons (Fsp3) is 0.500. The fourth-order valence-corrected chi connectivity index (χ4v) is 2.53. The molecule has 5 nitrogen and oxygen atoms in total. The molecular weight excluding hydrogens is 248 g/mol. The lowest BCUT2D eigenvalue weighted by Gasteiger charge is -2.17. The lowest BCUT2D eigenvalue weighted by Crippen LogP contribution is -2.17. The van der Waals surface area contributed by atoms with Gasteiger partial charge in [-0.25, -0.2) is 0 Å². The molecule has 2 unspecified atom stereocenters. The molecule has 0 bridgehead atoms. The number of carboxylic acid groups (broad SMARTS) is 1. The smallest absolute Gasteiger partial charge is 0.309 e. The number of rotatable bonds is 2. The number of carbonyl (C=O) groups is 1. The summed E-state index contributed by atoms with van der Waals surface area (Å²) < 4.78 is 16.7. The molecular formula is C14H16O5. The van der Waals surface area contributed by atoms with Crippen molar-refractivity contribution in [2.45, 2.75) is 18.9 Å². The molecule has 0 aromatic heterocycles.